The largest absolute Gasteiger partial charge is 0.352 e. The van der Waals surface area contributed by atoms with Crippen LogP contribution in [0, 0.1) is 19.8 Å². The Hall–Kier alpha value is -1.62. The van der Waals surface area contributed by atoms with Crippen LogP contribution in [0.5, 0.6) is 0 Å². The van der Waals surface area contributed by atoms with Gasteiger partial charge in [-0.15, -0.1) is 11.3 Å². The summed E-state index contributed by atoms with van der Waals surface area (Å²) in [7, 11) is 0. The first-order valence-corrected chi connectivity index (χ1v) is 8.15. The maximum Gasteiger partial charge on any atom is 0.252 e. The van der Waals surface area contributed by atoms with E-state index >= 15 is 0 Å². The van der Waals surface area contributed by atoms with E-state index in [2.05, 4.69) is 11.9 Å². The topological polar surface area (TPSA) is 49.4 Å². The van der Waals surface area contributed by atoms with E-state index in [4.69, 9.17) is 0 Å². The van der Waals surface area contributed by atoms with Crippen molar-refractivity contribution >= 4 is 23.2 Å². The summed E-state index contributed by atoms with van der Waals surface area (Å²) in [4.78, 5) is 26.8. The summed E-state index contributed by atoms with van der Waals surface area (Å²) in [5.74, 6) is 0.297. The minimum atomic E-state index is -0.0182. The van der Waals surface area contributed by atoms with E-state index in [9.17, 15) is 9.59 Å². The van der Waals surface area contributed by atoms with Gasteiger partial charge in [0, 0.05) is 29.9 Å². The number of hydrogen-bond donors (Lipinski definition) is 1. The fraction of sp³-hybridized carbons (Fsp3) is 0.500. The van der Waals surface area contributed by atoms with Crippen molar-refractivity contribution in [2.75, 3.05) is 19.6 Å². The molecule has 4 nitrogen and oxygen atoms in total. The second-order valence-electron chi connectivity index (χ2n) is 5.54. The molecule has 0 radical (unpaired) electrons. The zero-order chi connectivity index (χ0) is 15.4. The first-order valence-electron chi connectivity index (χ1n) is 7.27. The molecule has 0 bridgehead atoms. The molecular weight excluding hydrogens is 284 g/mol. The monoisotopic (exact) mass is 306 g/mol. The molecule has 2 rings (SSSR count). The first kappa shape index (κ1) is 15.8. The Kier molecular flexibility index (Phi) is 5.17. The average molecular weight is 306 g/mol. The van der Waals surface area contributed by atoms with Crippen molar-refractivity contribution in [3.63, 3.8) is 0 Å². The van der Waals surface area contributed by atoms with Crippen LogP contribution in [-0.2, 0) is 4.79 Å². The van der Waals surface area contributed by atoms with Gasteiger partial charge in [-0.3, -0.25) is 9.59 Å². The van der Waals surface area contributed by atoms with Gasteiger partial charge in [-0.2, -0.15) is 0 Å². The molecule has 1 unspecified atom stereocenters. The van der Waals surface area contributed by atoms with Gasteiger partial charge in [0.15, 0.2) is 0 Å². The van der Waals surface area contributed by atoms with Gasteiger partial charge in [0.25, 0.3) is 5.91 Å². The molecule has 1 aliphatic heterocycles. The first-order chi connectivity index (χ1) is 10.0. The van der Waals surface area contributed by atoms with E-state index in [0.29, 0.717) is 19.0 Å². The van der Waals surface area contributed by atoms with Crippen molar-refractivity contribution in [2.24, 2.45) is 5.92 Å². The third-order valence-corrected chi connectivity index (χ3v) is 5.10. The third-order valence-electron chi connectivity index (χ3n) is 4.09. The van der Waals surface area contributed by atoms with Crippen molar-refractivity contribution in [1.29, 1.82) is 0 Å². The van der Waals surface area contributed by atoms with Crippen LogP contribution in [0.1, 0.15) is 33.6 Å². The number of nitrogens with zero attached hydrogens (tertiary/aromatic N) is 1. The number of thiophene rings is 1. The molecule has 1 fully saturated rings. The molecule has 1 aliphatic rings. The lowest BCUT2D eigenvalue weighted by Gasteiger charge is -2.32. The Morgan fingerprint density at radius 3 is 2.90 bits per heavy atom. The molecule has 0 aromatic carbocycles. The zero-order valence-electron chi connectivity index (χ0n) is 12.6. The fourth-order valence-electron chi connectivity index (χ4n) is 2.63. The van der Waals surface area contributed by atoms with Crippen LogP contribution < -0.4 is 5.32 Å². The number of amides is 2. The van der Waals surface area contributed by atoms with Gasteiger partial charge in [0.1, 0.15) is 0 Å². The van der Waals surface area contributed by atoms with Crippen molar-refractivity contribution in [2.45, 2.75) is 26.7 Å². The van der Waals surface area contributed by atoms with Gasteiger partial charge in [0.2, 0.25) is 5.91 Å². The smallest absolute Gasteiger partial charge is 0.252 e. The van der Waals surface area contributed by atoms with E-state index in [-0.39, 0.29) is 11.8 Å². The number of rotatable bonds is 4. The average Bonchev–Trinajstić information content (AvgIpc) is 2.84. The van der Waals surface area contributed by atoms with Crippen LogP contribution >= 0.6 is 11.3 Å². The second kappa shape index (κ2) is 6.89. The highest BCUT2D eigenvalue weighted by atomic mass is 32.1. The fourth-order valence-corrected chi connectivity index (χ4v) is 3.50. The summed E-state index contributed by atoms with van der Waals surface area (Å²) in [6.45, 7) is 9.64. The predicted octanol–water partition coefficient (Wildman–Crippen LogP) is 2.52. The van der Waals surface area contributed by atoms with E-state index in [1.54, 1.807) is 11.3 Å². The molecule has 0 saturated carbocycles. The molecule has 114 valence electrons. The van der Waals surface area contributed by atoms with Gasteiger partial charge in [0.05, 0.1) is 5.56 Å². The lowest BCUT2D eigenvalue weighted by molar-refractivity contribution is -0.127. The van der Waals surface area contributed by atoms with Gasteiger partial charge >= 0.3 is 0 Å². The maximum atomic E-state index is 12.2. The van der Waals surface area contributed by atoms with Crippen LogP contribution in [0.25, 0.3) is 0 Å². The van der Waals surface area contributed by atoms with Crippen LogP contribution in [0.2, 0.25) is 0 Å². The Bertz CT molecular complexity index is 550. The maximum absolute atomic E-state index is 12.2. The quantitative estimate of drug-likeness (QED) is 0.869. The predicted molar refractivity (Wildman–Crippen MR) is 85.6 cm³/mol. The van der Waals surface area contributed by atoms with E-state index in [1.807, 2.05) is 24.1 Å². The standard InChI is InChI=1S/C16H22N2O2S/c1-4-15(19)18-7-5-6-13(9-18)8-17-16(20)14-10-21-12(3)11(14)2/h4,10,13H,1,5-9H2,2-3H3,(H,17,20). The molecule has 1 saturated heterocycles. The molecule has 1 atom stereocenters. The molecule has 21 heavy (non-hydrogen) atoms. The van der Waals surface area contributed by atoms with E-state index in [1.165, 1.54) is 11.0 Å². The van der Waals surface area contributed by atoms with Crippen molar-refractivity contribution < 1.29 is 9.59 Å². The Labute approximate surface area is 129 Å². The Balaban J connectivity index is 1.88. The van der Waals surface area contributed by atoms with Crippen molar-refractivity contribution in [1.82, 2.24) is 10.2 Å². The number of likely N-dealkylation sites (tertiary alicyclic amines) is 1. The van der Waals surface area contributed by atoms with Crippen LogP contribution in [0.15, 0.2) is 18.0 Å². The lowest BCUT2D eigenvalue weighted by atomic mass is 9.97. The minimum Gasteiger partial charge on any atom is -0.352 e. The van der Waals surface area contributed by atoms with Crippen LogP contribution in [0.3, 0.4) is 0 Å². The Morgan fingerprint density at radius 1 is 1.52 bits per heavy atom. The summed E-state index contributed by atoms with van der Waals surface area (Å²) in [5, 5.41) is 4.92. The molecule has 1 aromatic rings. The van der Waals surface area contributed by atoms with Gasteiger partial charge in [-0.05, 0) is 44.2 Å². The number of aryl methyl sites for hydroxylation is 1. The molecule has 5 heteroatoms. The number of carbonyl (C=O) groups excluding carboxylic acids is 2. The number of hydrogen-bond acceptors (Lipinski definition) is 3. The van der Waals surface area contributed by atoms with E-state index < -0.39 is 0 Å². The zero-order valence-corrected chi connectivity index (χ0v) is 13.5. The summed E-state index contributed by atoms with van der Waals surface area (Å²) in [6, 6.07) is 0. The molecular formula is C16H22N2O2S. The summed E-state index contributed by atoms with van der Waals surface area (Å²) >= 11 is 1.60. The van der Waals surface area contributed by atoms with E-state index in [0.717, 1.165) is 30.5 Å². The molecule has 1 aromatic heterocycles. The Morgan fingerprint density at radius 2 is 2.29 bits per heavy atom. The molecule has 2 heterocycles. The highest BCUT2D eigenvalue weighted by Gasteiger charge is 2.23. The second-order valence-corrected chi connectivity index (χ2v) is 6.62. The highest BCUT2D eigenvalue weighted by molar-refractivity contribution is 7.10. The van der Waals surface area contributed by atoms with Gasteiger partial charge in [-0.1, -0.05) is 6.58 Å². The molecule has 0 spiro atoms. The SMILES string of the molecule is C=CC(=O)N1CCCC(CNC(=O)c2csc(C)c2C)C1. The van der Waals surface area contributed by atoms with Crippen molar-refractivity contribution in [3.05, 3.63) is 34.0 Å². The third kappa shape index (κ3) is 3.73. The van der Waals surface area contributed by atoms with Gasteiger partial charge < -0.3 is 10.2 Å². The van der Waals surface area contributed by atoms with Crippen LogP contribution in [0.4, 0.5) is 0 Å². The minimum absolute atomic E-state index is 0.0102. The number of carbonyl (C=O) groups is 2. The number of nitrogens with one attached hydrogen (secondary N) is 1. The summed E-state index contributed by atoms with van der Waals surface area (Å²) < 4.78 is 0. The highest BCUT2D eigenvalue weighted by Crippen LogP contribution is 2.21. The lowest BCUT2D eigenvalue weighted by Crippen LogP contribution is -2.43. The molecule has 2 amide bonds. The summed E-state index contributed by atoms with van der Waals surface area (Å²) in [6.07, 6.45) is 3.39. The molecule has 1 N–H and O–H groups in total. The van der Waals surface area contributed by atoms with Gasteiger partial charge in [-0.25, -0.2) is 0 Å². The summed E-state index contributed by atoms with van der Waals surface area (Å²) in [5.41, 5.74) is 1.83. The van der Waals surface area contributed by atoms with Crippen LogP contribution in [-0.4, -0.2) is 36.3 Å². The normalized spacial score (nSPS) is 18.4. The molecule has 0 aliphatic carbocycles. The number of piperidine rings is 1. The van der Waals surface area contributed by atoms with Crippen molar-refractivity contribution in [3.8, 4) is 0 Å².